The molecule has 1 fully saturated rings. The lowest BCUT2D eigenvalue weighted by Crippen LogP contribution is -2.48. The summed E-state index contributed by atoms with van der Waals surface area (Å²) in [6, 6.07) is 12.3. The number of rotatable bonds is 4. The van der Waals surface area contributed by atoms with Crippen molar-refractivity contribution in [2.24, 2.45) is 0 Å². The number of amides is 3. The monoisotopic (exact) mass is 421 g/mol. The summed E-state index contributed by atoms with van der Waals surface area (Å²) in [6.07, 6.45) is -0.0396. The van der Waals surface area contributed by atoms with E-state index in [1.807, 2.05) is 0 Å². The zero-order valence-electron chi connectivity index (χ0n) is 12.8. The van der Waals surface area contributed by atoms with Crippen molar-refractivity contribution >= 4 is 50.9 Å². The summed E-state index contributed by atoms with van der Waals surface area (Å²) in [6.45, 7) is 0. The molecule has 3 rings (SSSR count). The molecule has 3 amide bonds. The van der Waals surface area contributed by atoms with Gasteiger partial charge in [-0.25, -0.2) is 10.3 Å². The van der Waals surface area contributed by atoms with Gasteiger partial charge in [0.1, 0.15) is 6.04 Å². The summed E-state index contributed by atoms with van der Waals surface area (Å²) in [5.41, 5.74) is 5.98. The van der Waals surface area contributed by atoms with Gasteiger partial charge in [-0.05, 0) is 48.5 Å². The van der Waals surface area contributed by atoms with Crippen molar-refractivity contribution in [3.63, 3.8) is 0 Å². The van der Waals surface area contributed by atoms with Crippen LogP contribution in [0.1, 0.15) is 16.8 Å². The van der Waals surface area contributed by atoms with Gasteiger partial charge in [-0.2, -0.15) is 0 Å². The number of hydrazine groups is 1. The summed E-state index contributed by atoms with van der Waals surface area (Å²) in [5, 5.41) is 0.513. The van der Waals surface area contributed by atoms with Gasteiger partial charge in [0.15, 0.2) is 0 Å². The summed E-state index contributed by atoms with van der Waals surface area (Å²) >= 11 is 9.11. The highest BCUT2D eigenvalue weighted by Gasteiger charge is 2.39. The molecule has 1 heterocycles. The van der Waals surface area contributed by atoms with Crippen molar-refractivity contribution in [1.82, 2.24) is 10.9 Å². The molecule has 2 N–H and O–H groups in total. The van der Waals surface area contributed by atoms with Crippen LogP contribution < -0.4 is 15.8 Å². The Morgan fingerprint density at radius 2 is 1.72 bits per heavy atom. The van der Waals surface area contributed by atoms with Crippen LogP contribution in [0, 0.1) is 0 Å². The molecule has 25 heavy (non-hydrogen) atoms. The molecule has 0 saturated carbocycles. The van der Waals surface area contributed by atoms with E-state index >= 15 is 0 Å². The quantitative estimate of drug-likeness (QED) is 0.586. The second-order valence-electron chi connectivity index (χ2n) is 5.41. The van der Waals surface area contributed by atoms with Crippen LogP contribution in [0.15, 0.2) is 53.0 Å². The average molecular weight is 423 g/mol. The fourth-order valence-corrected chi connectivity index (χ4v) is 2.82. The molecule has 0 aromatic heterocycles. The van der Waals surface area contributed by atoms with Crippen LogP contribution in [0.3, 0.4) is 0 Å². The molecule has 0 bridgehead atoms. The van der Waals surface area contributed by atoms with Gasteiger partial charge >= 0.3 is 0 Å². The first kappa shape index (κ1) is 17.6. The minimum Gasteiger partial charge on any atom is -0.287 e. The third kappa shape index (κ3) is 3.89. The lowest BCUT2D eigenvalue weighted by Gasteiger charge is -2.16. The molecule has 2 aromatic carbocycles. The molecule has 1 aliphatic rings. The number of nitrogens with one attached hydrogen (secondary N) is 2. The molecule has 1 saturated heterocycles. The standard InChI is InChI=1S/C17H13BrClN3O3/c18-11-3-1-10(2-4-11)16(24)21-20-14-9-15(23)22(17(14)25)13-7-5-12(19)6-8-13/h1-8,14,20H,9H2,(H,21,24)/t14-/m1/s1. The fourth-order valence-electron chi connectivity index (χ4n) is 2.43. The maximum atomic E-state index is 12.4. The van der Waals surface area contributed by atoms with E-state index in [4.69, 9.17) is 11.6 Å². The third-order valence-electron chi connectivity index (χ3n) is 3.70. The molecule has 0 radical (unpaired) electrons. The number of benzene rings is 2. The molecular weight excluding hydrogens is 410 g/mol. The minimum atomic E-state index is -0.817. The molecule has 0 unspecified atom stereocenters. The van der Waals surface area contributed by atoms with Crippen molar-refractivity contribution in [3.8, 4) is 0 Å². The van der Waals surface area contributed by atoms with Crippen LogP contribution in [-0.2, 0) is 9.59 Å². The highest BCUT2D eigenvalue weighted by molar-refractivity contribution is 9.10. The summed E-state index contributed by atoms with van der Waals surface area (Å²) in [4.78, 5) is 37.8. The first-order valence-corrected chi connectivity index (χ1v) is 8.56. The first-order chi connectivity index (χ1) is 12.0. The Bertz CT molecular complexity index is 824. The number of carbonyl (C=O) groups is 3. The highest BCUT2D eigenvalue weighted by Crippen LogP contribution is 2.24. The van der Waals surface area contributed by atoms with E-state index in [1.54, 1.807) is 48.5 Å². The Morgan fingerprint density at radius 1 is 1.08 bits per heavy atom. The van der Waals surface area contributed by atoms with Gasteiger partial charge in [0, 0.05) is 15.1 Å². The van der Waals surface area contributed by atoms with Gasteiger partial charge in [0.2, 0.25) is 5.91 Å². The van der Waals surface area contributed by atoms with Crippen molar-refractivity contribution in [2.75, 3.05) is 4.90 Å². The minimum absolute atomic E-state index is 0.0396. The van der Waals surface area contributed by atoms with Crippen LogP contribution in [0.5, 0.6) is 0 Å². The number of imide groups is 1. The van der Waals surface area contributed by atoms with E-state index in [9.17, 15) is 14.4 Å². The van der Waals surface area contributed by atoms with Gasteiger partial charge in [-0.15, -0.1) is 0 Å². The zero-order valence-corrected chi connectivity index (χ0v) is 15.2. The van der Waals surface area contributed by atoms with Crippen molar-refractivity contribution < 1.29 is 14.4 Å². The molecule has 8 heteroatoms. The largest absolute Gasteiger partial charge is 0.287 e. The number of halogens is 2. The second kappa shape index (κ2) is 7.35. The molecule has 0 spiro atoms. The van der Waals surface area contributed by atoms with E-state index in [2.05, 4.69) is 26.8 Å². The molecule has 1 atom stereocenters. The van der Waals surface area contributed by atoms with E-state index in [-0.39, 0.29) is 12.3 Å². The first-order valence-electron chi connectivity index (χ1n) is 7.39. The Hall–Kier alpha value is -2.22. The van der Waals surface area contributed by atoms with Gasteiger partial charge in [0.05, 0.1) is 12.1 Å². The fraction of sp³-hybridized carbons (Fsp3) is 0.118. The van der Waals surface area contributed by atoms with E-state index in [1.165, 1.54) is 0 Å². The summed E-state index contributed by atoms with van der Waals surface area (Å²) in [5.74, 6) is -1.16. The second-order valence-corrected chi connectivity index (χ2v) is 6.76. The number of nitrogens with zero attached hydrogens (tertiary/aromatic N) is 1. The smallest absolute Gasteiger partial charge is 0.265 e. The van der Waals surface area contributed by atoms with Crippen LogP contribution in [0.4, 0.5) is 5.69 Å². The van der Waals surface area contributed by atoms with E-state index in [0.29, 0.717) is 16.3 Å². The average Bonchev–Trinajstić information content (AvgIpc) is 2.88. The molecule has 6 nitrogen and oxygen atoms in total. The van der Waals surface area contributed by atoms with Crippen LogP contribution in [0.2, 0.25) is 5.02 Å². The lowest BCUT2D eigenvalue weighted by molar-refractivity contribution is -0.121. The van der Waals surface area contributed by atoms with Crippen molar-refractivity contribution in [3.05, 3.63) is 63.6 Å². The predicted octanol–water partition coefficient (Wildman–Crippen LogP) is 2.67. The maximum Gasteiger partial charge on any atom is 0.265 e. The van der Waals surface area contributed by atoms with E-state index in [0.717, 1.165) is 9.37 Å². The van der Waals surface area contributed by atoms with Gasteiger partial charge in [-0.1, -0.05) is 27.5 Å². The maximum absolute atomic E-state index is 12.4. The van der Waals surface area contributed by atoms with Crippen molar-refractivity contribution in [2.45, 2.75) is 12.5 Å². The molecule has 1 aliphatic heterocycles. The van der Waals surface area contributed by atoms with Crippen molar-refractivity contribution in [1.29, 1.82) is 0 Å². The predicted molar refractivity (Wildman–Crippen MR) is 97.1 cm³/mol. The Labute approximate surface area is 157 Å². The number of hydrogen-bond acceptors (Lipinski definition) is 4. The van der Waals surface area contributed by atoms with Gasteiger partial charge < -0.3 is 0 Å². The molecule has 0 aliphatic carbocycles. The lowest BCUT2D eigenvalue weighted by atomic mass is 10.2. The SMILES string of the molecule is O=C(NN[C@@H]1CC(=O)N(c2ccc(Cl)cc2)C1=O)c1ccc(Br)cc1. The summed E-state index contributed by atoms with van der Waals surface area (Å²) < 4.78 is 0.854. The molecular formula is C17H13BrClN3O3. The Balaban J connectivity index is 1.65. The summed E-state index contributed by atoms with van der Waals surface area (Å²) in [7, 11) is 0. The highest BCUT2D eigenvalue weighted by atomic mass is 79.9. The van der Waals surface area contributed by atoms with Gasteiger partial charge in [-0.3, -0.25) is 19.8 Å². The Kier molecular flexibility index (Phi) is 5.17. The topological polar surface area (TPSA) is 78.5 Å². The normalized spacial score (nSPS) is 17.0. The zero-order chi connectivity index (χ0) is 18.0. The molecule has 2 aromatic rings. The third-order valence-corrected chi connectivity index (χ3v) is 4.48. The number of anilines is 1. The number of carbonyl (C=O) groups excluding carboxylic acids is 3. The van der Waals surface area contributed by atoms with Gasteiger partial charge in [0.25, 0.3) is 11.8 Å². The van der Waals surface area contributed by atoms with Crippen LogP contribution in [-0.4, -0.2) is 23.8 Å². The Morgan fingerprint density at radius 3 is 2.36 bits per heavy atom. The van der Waals surface area contributed by atoms with Crippen LogP contribution >= 0.6 is 27.5 Å². The molecule has 128 valence electrons. The van der Waals surface area contributed by atoms with Crippen LogP contribution in [0.25, 0.3) is 0 Å². The van der Waals surface area contributed by atoms with E-state index < -0.39 is 17.9 Å². The number of hydrogen-bond donors (Lipinski definition) is 2.